The molecule has 23 heavy (non-hydrogen) atoms. The fourth-order valence-electron chi connectivity index (χ4n) is 2.56. The van der Waals surface area contributed by atoms with Crippen LogP contribution in [0.3, 0.4) is 0 Å². The van der Waals surface area contributed by atoms with Crippen molar-refractivity contribution in [3.63, 3.8) is 0 Å². The van der Waals surface area contributed by atoms with Gasteiger partial charge in [0.1, 0.15) is 11.9 Å². The topological polar surface area (TPSA) is 81.5 Å². The molecule has 0 unspecified atom stereocenters. The highest BCUT2D eigenvalue weighted by molar-refractivity contribution is 5.78. The van der Waals surface area contributed by atoms with Crippen molar-refractivity contribution in [3.05, 3.63) is 23.9 Å². The first-order valence-corrected chi connectivity index (χ1v) is 7.82. The van der Waals surface area contributed by atoms with Crippen molar-refractivity contribution >= 4 is 11.7 Å². The zero-order valence-electron chi connectivity index (χ0n) is 13.5. The molecule has 1 amide bonds. The van der Waals surface area contributed by atoms with Crippen LogP contribution in [0.15, 0.2) is 18.3 Å². The normalized spacial score (nSPS) is 15.2. The Labute approximate surface area is 136 Å². The fourth-order valence-corrected chi connectivity index (χ4v) is 2.56. The molecule has 1 fully saturated rings. The number of anilines is 1. The fraction of sp³-hybridized carbons (Fsp3) is 0.562. The summed E-state index contributed by atoms with van der Waals surface area (Å²) in [6.45, 7) is 4.82. The maximum atomic E-state index is 11.9. The molecule has 1 N–H and O–H groups in total. The molecule has 1 aliphatic rings. The van der Waals surface area contributed by atoms with E-state index < -0.39 is 0 Å². The highest BCUT2D eigenvalue weighted by Crippen LogP contribution is 2.17. The van der Waals surface area contributed by atoms with Crippen molar-refractivity contribution in [2.24, 2.45) is 0 Å². The predicted molar refractivity (Wildman–Crippen MR) is 87.1 cm³/mol. The Hall–Kier alpha value is -2.17. The van der Waals surface area contributed by atoms with E-state index in [0.717, 1.165) is 38.4 Å². The lowest BCUT2D eigenvalue weighted by Gasteiger charge is -2.35. The molecule has 0 aliphatic carbocycles. The van der Waals surface area contributed by atoms with Crippen molar-refractivity contribution in [3.8, 4) is 6.07 Å². The molecular weight excluding hydrogens is 294 g/mol. The summed E-state index contributed by atoms with van der Waals surface area (Å²) >= 11 is 0. The third kappa shape index (κ3) is 5.20. The van der Waals surface area contributed by atoms with E-state index in [1.807, 2.05) is 0 Å². The molecule has 1 aliphatic heterocycles. The second-order valence-corrected chi connectivity index (χ2v) is 5.45. The molecule has 2 rings (SSSR count). The van der Waals surface area contributed by atoms with E-state index >= 15 is 0 Å². The number of carbonyl (C=O) groups excluding carboxylic acids is 1. The molecule has 7 nitrogen and oxygen atoms in total. The van der Waals surface area contributed by atoms with Gasteiger partial charge in [-0.2, -0.15) is 5.26 Å². The first-order valence-electron chi connectivity index (χ1n) is 7.82. The van der Waals surface area contributed by atoms with E-state index in [0.29, 0.717) is 25.3 Å². The van der Waals surface area contributed by atoms with Gasteiger partial charge in [0.2, 0.25) is 5.91 Å². The Bertz CT molecular complexity index is 550. The smallest absolute Gasteiger partial charge is 0.234 e. The van der Waals surface area contributed by atoms with Crippen molar-refractivity contribution in [2.45, 2.75) is 6.42 Å². The van der Waals surface area contributed by atoms with Crippen LogP contribution in [-0.4, -0.2) is 68.8 Å². The number of aromatic nitrogens is 1. The number of pyridine rings is 1. The number of hydrogen-bond acceptors (Lipinski definition) is 6. The molecular formula is C16H23N5O2. The van der Waals surface area contributed by atoms with Gasteiger partial charge < -0.3 is 15.0 Å². The Morgan fingerprint density at radius 1 is 1.43 bits per heavy atom. The van der Waals surface area contributed by atoms with Gasteiger partial charge in [-0.3, -0.25) is 9.69 Å². The van der Waals surface area contributed by atoms with Gasteiger partial charge in [-0.25, -0.2) is 4.98 Å². The zero-order chi connectivity index (χ0) is 16.5. The molecule has 0 aromatic carbocycles. The summed E-state index contributed by atoms with van der Waals surface area (Å²) in [4.78, 5) is 20.4. The summed E-state index contributed by atoms with van der Waals surface area (Å²) in [5.74, 6) is 0.781. The molecule has 0 spiro atoms. The van der Waals surface area contributed by atoms with Crippen LogP contribution >= 0.6 is 0 Å². The molecule has 7 heteroatoms. The Morgan fingerprint density at radius 2 is 2.22 bits per heavy atom. The van der Waals surface area contributed by atoms with Crippen LogP contribution < -0.4 is 10.2 Å². The number of ether oxygens (including phenoxy) is 1. The van der Waals surface area contributed by atoms with Gasteiger partial charge in [0.25, 0.3) is 0 Å². The van der Waals surface area contributed by atoms with E-state index in [-0.39, 0.29) is 5.91 Å². The Kier molecular flexibility index (Phi) is 6.78. The van der Waals surface area contributed by atoms with E-state index in [4.69, 9.17) is 10.00 Å². The van der Waals surface area contributed by atoms with E-state index in [1.165, 1.54) is 0 Å². The number of piperazine rings is 1. The standard InChI is InChI=1S/C16H23N5O2/c1-23-11-3-6-18-15(22)13-20-7-9-21(10-8-20)16-14(12-17)4-2-5-19-16/h2,4-5H,3,6-11,13H2,1H3,(H,18,22). The minimum atomic E-state index is 0.0464. The average molecular weight is 317 g/mol. The van der Waals surface area contributed by atoms with Crippen LogP contribution in [0, 0.1) is 11.3 Å². The lowest BCUT2D eigenvalue weighted by Crippen LogP contribution is -2.50. The lowest BCUT2D eigenvalue weighted by atomic mass is 10.2. The third-order valence-electron chi connectivity index (χ3n) is 3.79. The third-order valence-corrected chi connectivity index (χ3v) is 3.79. The number of amides is 1. The minimum absolute atomic E-state index is 0.0464. The monoisotopic (exact) mass is 317 g/mol. The van der Waals surface area contributed by atoms with Crippen LogP contribution in [0.1, 0.15) is 12.0 Å². The van der Waals surface area contributed by atoms with Crippen molar-refractivity contribution in [1.82, 2.24) is 15.2 Å². The second kappa shape index (κ2) is 9.08. The Morgan fingerprint density at radius 3 is 2.91 bits per heavy atom. The summed E-state index contributed by atoms with van der Waals surface area (Å²) in [5, 5.41) is 12.0. The van der Waals surface area contributed by atoms with Gasteiger partial charge >= 0.3 is 0 Å². The van der Waals surface area contributed by atoms with Crippen LogP contribution in [-0.2, 0) is 9.53 Å². The van der Waals surface area contributed by atoms with Gasteiger partial charge in [0.15, 0.2) is 0 Å². The van der Waals surface area contributed by atoms with Crippen molar-refractivity contribution in [1.29, 1.82) is 5.26 Å². The number of nitrogens with one attached hydrogen (secondary N) is 1. The van der Waals surface area contributed by atoms with Crippen molar-refractivity contribution < 1.29 is 9.53 Å². The number of hydrogen-bond donors (Lipinski definition) is 1. The second-order valence-electron chi connectivity index (χ2n) is 5.45. The predicted octanol–water partition coefficient (Wildman–Crippen LogP) is 0.228. The molecule has 1 saturated heterocycles. The summed E-state index contributed by atoms with van der Waals surface area (Å²) < 4.78 is 4.95. The van der Waals surface area contributed by atoms with Crippen LogP contribution in [0.5, 0.6) is 0 Å². The van der Waals surface area contributed by atoms with Crippen molar-refractivity contribution in [2.75, 3.05) is 57.9 Å². The molecule has 1 aromatic heterocycles. The number of nitrogens with zero attached hydrogens (tertiary/aromatic N) is 4. The zero-order valence-corrected chi connectivity index (χ0v) is 13.5. The van der Waals surface area contributed by atoms with Gasteiger partial charge in [-0.05, 0) is 18.6 Å². The van der Waals surface area contributed by atoms with Gasteiger partial charge in [-0.15, -0.1) is 0 Å². The molecule has 0 bridgehead atoms. The first kappa shape index (κ1) is 17.2. The first-order chi connectivity index (χ1) is 11.2. The molecule has 1 aromatic rings. The number of rotatable bonds is 7. The minimum Gasteiger partial charge on any atom is -0.385 e. The highest BCUT2D eigenvalue weighted by atomic mass is 16.5. The highest BCUT2D eigenvalue weighted by Gasteiger charge is 2.21. The number of nitriles is 1. The quantitative estimate of drug-likeness (QED) is 0.725. The summed E-state index contributed by atoms with van der Waals surface area (Å²) in [6, 6.07) is 5.73. The SMILES string of the molecule is COCCCNC(=O)CN1CCN(c2ncccc2C#N)CC1. The van der Waals surface area contributed by atoms with Gasteiger partial charge in [0.05, 0.1) is 12.1 Å². The number of methoxy groups -OCH3 is 1. The molecule has 124 valence electrons. The molecule has 2 heterocycles. The largest absolute Gasteiger partial charge is 0.385 e. The molecule has 0 atom stereocenters. The van der Waals surface area contributed by atoms with E-state index in [9.17, 15) is 4.79 Å². The average Bonchev–Trinajstić information content (AvgIpc) is 2.59. The Balaban J connectivity index is 1.76. The van der Waals surface area contributed by atoms with Gasteiger partial charge in [0, 0.05) is 52.6 Å². The maximum Gasteiger partial charge on any atom is 0.234 e. The van der Waals surface area contributed by atoms with Crippen LogP contribution in [0.4, 0.5) is 5.82 Å². The van der Waals surface area contributed by atoms with Crippen LogP contribution in [0.2, 0.25) is 0 Å². The maximum absolute atomic E-state index is 11.9. The molecule has 0 radical (unpaired) electrons. The lowest BCUT2D eigenvalue weighted by molar-refractivity contribution is -0.122. The van der Waals surface area contributed by atoms with E-state index in [1.54, 1.807) is 25.4 Å². The summed E-state index contributed by atoms with van der Waals surface area (Å²) in [6.07, 6.45) is 2.53. The van der Waals surface area contributed by atoms with E-state index in [2.05, 4.69) is 26.2 Å². The van der Waals surface area contributed by atoms with Gasteiger partial charge in [-0.1, -0.05) is 0 Å². The molecule has 0 saturated carbocycles. The summed E-state index contributed by atoms with van der Waals surface area (Å²) in [5.41, 5.74) is 0.594. The summed E-state index contributed by atoms with van der Waals surface area (Å²) in [7, 11) is 1.65. The van der Waals surface area contributed by atoms with Crippen LogP contribution in [0.25, 0.3) is 0 Å². The number of carbonyl (C=O) groups is 1.